The third-order valence-corrected chi connectivity index (χ3v) is 4.98. The molecular formula is C22H22N2. The SMILES string of the molecule is c1ccc([C@H]2CN(Cc3cccnc3)C[C@H]2c2ccccc2)cc1. The summed E-state index contributed by atoms with van der Waals surface area (Å²) in [7, 11) is 0. The summed E-state index contributed by atoms with van der Waals surface area (Å²) >= 11 is 0. The molecule has 0 radical (unpaired) electrons. The Morgan fingerprint density at radius 2 is 1.33 bits per heavy atom. The van der Waals surface area contributed by atoms with E-state index in [0.29, 0.717) is 11.8 Å². The highest BCUT2D eigenvalue weighted by atomic mass is 15.2. The van der Waals surface area contributed by atoms with Crippen LogP contribution in [0.1, 0.15) is 28.5 Å². The van der Waals surface area contributed by atoms with E-state index in [1.54, 1.807) is 0 Å². The van der Waals surface area contributed by atoms with Gasteiger partial charge in [-0.15, -0.1) is 0 Å². The molecule has 0 unspecified atom stereocenters. The van der Waals surface area contributed by atoms with Crippen LogP contribution in [0.4, 0.5) is 0 Å². The van der Waals surface area contributed by atoms with Crippen molar-refractivity contribution in [2.75, 3.05) is 13.1 Å². The van der Waals surface area contributed by atoms with E-state index in [4.69, 9.17) is 0 Å². The van der Waals surface area contributed by atoms with Crippen LogP contribution in [0.5, 0.6) is 0 Å². The van der Waals surface area contributed by atoms with Gasteiger partial charge in [-0.3, -0.25) is 9.88 Å². The normalized spacial score (nSPS) is 21.0. The smallest absolute Gasteiger partial charge is 0.0312 e. The Morgan fingerprint density at radius 1 is 0.750 bits per heavy atom. The van der Waals surface area contributed by atoms with Gasteiger partial charge in [0.05, 0.1) is 0 Å². The molecule has 0 spiro atoms. The van der Waals surface area contributed by atoms with E-state index < -0.39 is 0 Å². The van der Waals surface area contributed by atoms with Crippen molar-refractivity contribution in [3.8, 4) is 0 Å². The molecule has 1 aliphatic rings. The molecule has 2 nitrogen and oxygen atoms in total. The van der Waals surface area contributed by atoms with Gasteiger partial charge in [-0.2, -0.15) is 0 Å². The number of benzene rings is 2. The molecule has 1 aromatic heterocycles. The van der Waals surface area contributed by atoms with Gasteiger partial charge in [0.2, 0.25) is 0 Å². The zero-order valence-corrected chi connectivity index (χ0v) is 13.8. The largest absolute Gasteiger partial charge is 0.298 e. The summed E-state index contributed by atoms with van der Waals surface area (Å²) in [6.07, 6.45) is 3.82. The number of aromatic nitrogens is 1. The van der Waals surface area contributed by atoms with Gasteiger partial charge >= 0.3 is 0 Å². The highest BCUT2D eigenvalue weighted by Gasteiger charge is 2.34. The Hall–Kier alpha value is -2.45. The molecule has 0 N–H and O–H groups in total. The number of nitrogens with zero attached hydrogens (tertiary/aromatic N) is 2. The molecule has 3 aromatic rings. The van der Waals surface area contributed by atoms with Crippen LogP contribution in [0.3, 0.4) is 0 Å². The Balaban J connectivity index is 1.60. The maximum absolute atomic E-state index is 4.25. The van der Waals surface area contributed by atoms with Crippen LogP contribution in [0, 0.1) is 0 Å². The lowest BCUT2D eigenvalue weighted by Crippen LogP contribution is -2.20. The number of rotatable bonds is 4. The lowest BCUT2D eigenvalue weighted by Gasteiger charge is -2.19. The second-order valence-corrected chi connectivity index (χ2v) is 6.59. The predicted octanol–water partition coefficient (Wildman–Crippen LogP) is 4.46. The van der Waals surface area contributed by atoms with Crippen molar-refractivity contribution in [2.45, 2.75) is 18.4 Å². The molecule has 2 heterocycles. The fraction of sp³-hybridized carbons (Fsp3) is 0.227. The fourth-order valence-corrected chi connectivity index (χ4v) is 3.84. The molecule has 1 saturated heterocycles. The van der Waals surface area contributed by atoms with Gasteiger partial charge in [-0.25, -0.2) is 0 Å². The van der Waals surface area contributed by atoms with Crippen LogP contribution in [-0.2, 0) is 6.54 Å². The molecular weight excluding hydrogens is 292 g/mol. The first kappa shape index (κ1) is 15.1. The monoisotopic (exact) mass is 314 g/mol. The summed E-state index contributed by atoms with van der Waals surface area (Å²) in [6, 6.07) is 26.1. The Kier molecular flexibility index (Phi) is 4.39. The van der Waals surface area contributed by atoms with Crippen LogP contribution < -0.4 is 0 Å². The predicted molar refractivity (Wildman–Crippen MR) is 97.9 cm³/mol. The maximum atomic E-state index is 4.25. The Labute approximate surface area is 143 Å². The number of pyridine rings is 1. The van der Waals surface area contributed by atoms with Crippen LogP contribution in [0.25, 0.3) is 0 Å². The zero-order chi connectivity index (χ0) is 16.2. The van der Waals surface area contributed by atoms with Crippen molar-refractivity contribution in [1.82, 2.24) is 9.88 Å². The van der Waals surface area contributed by atoms with E-state index in [2.05, 4.69) is 76.6 Å². The van der Waals surface area contributed by atoms with E-state index in [0.717, 1.165) is 19.6 Å². The first-order valence-electron chi connectivity index (χ1n) is 8.61. The maximum Gasteiger partial charge on any atom is 0.0312 e. The van der Waals surface area contributed by atoms with Gasteiger partial charge < -0.3 is 0 Å². The number of likely N-dealkylation sites (tertiary alicyclic amines) is 1. The van der Waals surface area contributed by atoms with E-state index in [9.17, 15) is 0 Å². The van der Waals surface area contributed by atoms with Gasteiger partial charge in [0, 0.05) is 43.9 Å². The van der Waals surface area contributed by atoms with Gasteiger partial charge in [0.15, 0.2) is 0 Å². The highest BCUT2D eigenvalue weighted by molar-refractivity contribution is 5.31. The quantitative estimate of drug-likeness (QED) is 0.706. The van der Waals surface area contributed by atoms with E-state index in [1.165, 1.54) is 16.7 Å². The van der Waals surface area contributed by atoms with E-state index in [-0.39, 0.29) is 0 Å². The summed E-state index contributed by atoms with van der Waals surface area (Å²) in [4.78, 5) is 6.82. The van der Waals surface area contributed by atoms with Gasteiger partial charge in [-0.05, 0) is 22.8 Å². The van der Waals surface area contributed by atoms with Crippen LogP contribution in [0.15, 0.2) is 85.2 Å². The minimum Gasteiger partial charge on any atom is -0.298 e. The van der Waals surface area contributed by atoms with E-state index in [1.807, 2.05) is 18.5 Å². The van der Waals surface area contributed by atoms with Crippen LogP contribution in [0.2, 0.25) is 0 Å². The molecule has 2 aromatic carbocycles. The van der Waals surface area contributed by atoms with Crippen LogP contribution in [-0.4, -0.2) is 23.0 Å². The zero-order valence-electron chi connectivity index (χ0n) is 13.8. The van der Waals surface area contributed by atoms with Crippen molar-refractivity contribution in [2.24, 2.45) is 0 Å². The van der Waals surface area contributed by atoms with Crippen LogP contribution >= 0.6 is 0 Å². The molecule has 2 atom stereocenters. The summed E-state index contributed by atoms with van der Waals surface area (Å²) in [5, 5.41) is 0. The third kappa shape index (κ3) is 3.24. The van der Waals surface area contributed by atoms with Gasteiger partial charge in [-0.1, -0.05) is 66.7 Å². The number of hydrogen-bond acceptors (Lipinski definition) is 2. The third-order valence-electron chi connectivity index (χ3n) is 4.98. The first-order valence-corrected chi connectivity index (χ1v) is 8.61. The topological polar surface area (TPSA) is 16.1 Å². The van der Waals surface area contributed by atoms with Gasteiger partial charge in [0.25, 0.3) is 0 Å². The van der Waals surface area contributed by atoms with E-state index >= 15 is 0 Å². The summed E-state index contributed by atoms with van der Waals surface area (Å²) in [5.41, 5.74) is 4.18. The molecule has 1 fully saturated rings. The second kappa shape index (κ2) is 6.98. The average molecular weight is 314 g/mol. The Morgan fingerprint density at radius 3 is 1.83 bits per heavy atom. The summed E-state index contributed by atoms with van der Waals surface area (Å²) < 4.78 is 0. The minimum atomic E-state index is 0.547. The van der Waals surface area contributed by atoms with Gasteiger partial charge in [0.1, 0.15) is 0 Å². The summed E-state index contributed by atoms with van der Waals surface area (Å²) in [5.74, 6) is 1.09. The molecule has 120 valence electrons. The van der Waals surface area contributed by atoms with Crippen molar-refractivity contribution < 1.29 is 0 Å². The van der Waals surface area contributed by atoms with Crippen molar-refractivity contribution in [3.05, 3.63) is 102 Å². The second-order valence-electron chi connectivity index (χ2n) is 6.59. The summed E-state index contributed by atoms with van der Waals surface area (Å²) in [6.45, 7) is 3.16. The minimum absolute atomic E-state index is 0.547. The molecule has 0 saturated carbocycles. The molecule has 0 aliphatic carbocycles. The average Bonchev–Trinajstić information content (AvgIpc) is 3.08. The molecule has 1 aliphatic heterocycles. The molecule has 0 amide bonds. The highest BCUT2D eigenvalue weighted by Crippen LogP contribution is 2.39. The molecule has 4 rings (SSSR count). The lowest BCUT2D eigenvalue weighted by atomic mass is 9.84. The van der Waals surface area contributed by atoms with Crippen molar-refractivity contribution in [3.63, 3.8) is 0 Å². The molecule has 24 heavy (non-hydrogen) atoms. The fourth-order valence-electron chi connectivity index (χ4n) is 3.84. The lowest BCUT2D eigenvalue weighted by molar-refractivity contribution is 0.323. The molecule has 2 heteroatoms. The molecule has 0 bridgehead atoms. The first-order chi connectivity index (χ1) is 11.9. The Bertz CT molecular complexity index is 708. The number of hydrogen-bond donors (Lipinski definition) is 0. The standard InChI is InChI=1S/C22H22N2/c1-3-9-19(10-4-1)21-16-24(15-18-8-7-13-23-14-18)17-22(21)20-11-5-2-6-12-20/h1-14,21-22H,15-17H2/t21-,22+. The van der Waals surface area contributed by atoms with Crippen molar-refractivity contribution >= 4 is 0 Å². The van der Waals surface area contributed by atoms with Crippen molar-refractivity contribution in [1.29, 1.82) is 0 Å².